The van der Waals surface area contributed by atoms with Crippen molar-refractivity contribution in [2.45, 2.75) is 37.5 Å². The second kappa shape index (κ2) is 10.4. The molecule has 1 fully saturated rings. The molecule has 1 saturated heterocycles. The number of benzene rings is 2. The maximum Gasteiger partial charge on any atom is 0.276 e. The summed E-state index contributed by atoms with van der Waals surface area (Å²) in [6, 6.07) is 13.0. The van der Waals surface area contributed by atoms with Gasteiger partial charge in [-0.1, -0.05) is 31.0 Å². The maximum atomic E-state index is 12.8. The van der Waals surface area contributed by atoms with Crippen LogP contribution < -0.4 is 15.6 Å². The zero-order valence-corrected chi connectivity index (χ0v) is 18.3. The van der Waals surface area contributed by atoms with Crippen LogP contribution in [0.25, 0.3) is 0 Å². The number of amides is 2. The Labute approximate surface area is 182 Å². The van der Waals surface area contributed by atoms with Gasteiger partial charge < -0.3 is 4.74 Å². The fourth-order valence-electron chi connectivity index (χ4n) is 3.31. The van der Waals surface area contributed by atoms with Crippen LogP contribution in [0.15, 0.2) is 53.4 Å². The zero-order valence-electron chi connectivity index (χ0n) is 17.5. The van der Waals surface area contributed by atoms with E-state index in [1.807, 2.05) is 19.1 Å². The Balaban J connectivity index is 1.53. The van der Waals surface area contributed by atoms with Gasteiger partial charge in [-0.05, 0) is 55.7 Å². The molecule has 166 valence electrons. The fraction of sp³-hybridized carbons (Fsp3) is 0.364. The Morgan fingerprint density at radius 1 is 0.935 bits per heavy atom. The summed E-state index contributed by atoms with van der Waals surface area (Å²) in [5.41, 5.74) is 5.71. The summed E-state index contributed by atoms with van der Waals surface area (Å²) >= 11 is 0. The third-order valence-corrected chi connectivity index (χ3v) is 7.00. The first-order valence-electron chi connectivity index (χ1n) is 10.3. The minimum Gasteiger partial charge on any atom is -0.483 e. The molecule has 1 aliphatic heterocycles. The van der Waals surface area contributed by atoms with Gasteiger partial charge in [0.25, 0.3) is 11.8 Å². The Morgan fingerprint density at radius 3 is 2.23 bits per heavy atom. The molecule has 1 aliphatic rings. The highest BCUT2D eigenvalue weighted by atomic mass is 32.2. The molecule has 31 heavy (non-hydrogen) atoms. The predicted octanol–water partition coefficient (Wildman–Crippen LogP) is 2.40. The minimum atomic E-state index is -3.58. The molecule has 8 nitrogen and oxygen atoms in total. The number of ether oxygens (including phenoxy) is 1. The third kappa shape index (κ3) is 6.05. The standard InChI is InChI=1S/C22H27N3O5S/c1-17-8-4-5-9-20(17)30-16-21(26)23-24-22(27)18-10-12-19(13-11-18)31(28,29)25-14-6-2-3-7-15-25/h4-5,8-13H,2-3,6-7,14-16H2,1H3,(H,23,26)(H,24,27). The molecular weight excluding hydrogens is 418 g/mol. The molecule has 0 aromatic heterocycles. The Hall–Kier alpha value is -2.91. The zero-order chi connectivity index (χ0) is 22.3. The molecule has 2 aromatic rings. The summed E-state index contributed by atoms with van der Waals surface area (Å²) in [6.07, 6.45) is 3.78. The summed E-state index contributed by atoms with van der Waals surface area (Å²) in [5, 5.41) is 0. The topological polar surface area (TPSA) is 105 Å². The molecule has 3 rings (SSSR count). The van der Waals surface area contributed by atoms with Crippen molar-refractivity contribution in [1.82, 2.24) is 15.2 Å². The van der Waals surface area contributed by atoms with Crippen molar-refractivity contribution < 1.29 is 22.7 Å². The summed E-state index contributed by atoms with van der Waals surface area (Å²) in [5.74, 6) is -0.481. The van der Waals surface area contributed by atoms with Gasteiger partial charge in [0.15, 0.2) is 6.61 Å². The number of para-hydroxylation sites is 1. The lowest BCUT2D eigenvalue weighted by Crippen LogP contribution is -2.43. The number of hydrogen-bond donors (Lipinski definition) is 2. The highest BCUT2D eigenvalue weighted by Crippen LogP contribution is 2.20. The number of carbonyl (C=O) groups is 2. The number of sulfonamides is 1. The SMILES string of the molecule is Cc1ccccc1OCC(=O)NNC(=O)c1ccc(S(=O)(=O)N2CCCCCC2)cc1. The van der Waals surface area contributed by atoms with Gasteiger partial charge in [-0.3, -0.25) is 20.4 Å². The van der Waals surface area contributed by atoms with E-state index in [0.717, 1.165) is 31.2 Å². The van der Waals surface area contributed by atoms with Crippen LogP contribution in [0.4, 0.5) is 0 Å². The van der Waals surface area contributed by atoms with E-state index in [1.54, 1.807) is 12.1 Å². The van der Waals surface area contributed by atoms with Crippen LogP contribution in [0, 0.1) is 6.92 Å². The van der Waals surface area contributed by atoms with Crippen molar-refractivity contribution in [3.8, 4) is 5.75 Å². The van der Waals surface area contributed by atoms with Crippen molar-refractivity contribution >= 4 is 21.8 Å². The molecule has 2 amide bonds. The number of aryl methyl sites for hydroxylation is 1. The van der Waals surface area contributed by atoms with Gasteiger partial charge in [0.1, 0.15) is 5.75 Å². The smallest absolute Gasteiger partial charge is 0.276 e. The summed E-state index contributed by atoms with van der Waals surface area (Å²) in [6.45, 7) is 2.65. The summed E-state index contributed by atoms with van der Waals surface area (Å²) in [7, 11) is -3.58. The van der Waals surface area contributed by atoms with Crippen LogP contribution in [-0.4, -0.2) is 44.2 Å². The Kier molecular flexibility index (Phi) is 7.64. The minimum absolute atomic E-state index is 0.154. The van der Waals surface area contributed by atoms with E-state index in [9.17, 15) is 18.0 Å². The number of hydrazine groups is 1. The summed E-state index contributed by atoms with van der Waals surface area (Å²) < 4.78 is 32.5. The molecule has 0 aliphatic carbocycles. The molecule has 2 N–H and O–H groups in total. The molecule has 0 bridgehead atoms. The van der Waals surface area contributed by atoms with Crippen LogP contribution >= 0.6 is 0 Å². The normalized spacial score (nSPS) is 15.0. The highest BCUT2D eigenvalue weighted by Gasteiger charge is 2.25. The van der Waals surface area contributed by atoms with E-state index in [4.69, 9.17) is 4.74 Å². The molecule has 9 heteroatoms. The second-order valence-electron chi connectivity index (χ2n) is 7.40. The predicted molar refractivity (Wildman–Crippen MR) is 116 cm³/mol. The van der Waals surface area contributed by atoms with E-state index >= 15 is 0 Å². The molecule has 1 heterocycles. The first-order chi connectivity index (χ1) is 14.9. The van der Waals surface area contributed by atoms with Crippen molar-refractivity contribution in [2.75, 3.05) is 19.7 Å². The Bertz CT molecular complexity index is 1010. The van der Waals surface area contributed by atoms with E-state index in [-0.39, 0.29) is 17.1 Å². The monoisotopic (exact) mass is 445 g/mol. The lowest BCUT2D eigenvalue weighted by atomic mass is 10.2. The number of nitrogens with one attached hydrogen (secondary N) is 2. The second-order valence-corrected chi connectivity index (χ2v) is 9.34. The van der Waals surface area contributed by atoms with Gasteiger partial charge >= 0.3 is 0 Å². The van der Waals surface area contributed by atoms with Crippen molar-refractivity contribution in [1.29, 1.82) is 0 Å². The van der Waals surface area contributed by atoms with Crippen LogP contribution in [-0.2, 0) is 14.8 Å². The number of carbonyl (C=O) groups excluding carboxylic acids is 2. The molecule has 0 unspecified atom stereocenters. The van der Waals surface area contributed by atoms with Gasteiger partial charge in [-0.2, -0.15) is 4.31 Å². The van der Waals surface area contributed by atoms with Crippen molar-refractivity contribution in [3.63, 3.8) is 0 Å². The first kappa shape index (κ1) is 22.8. The quantitative estimate of drug-likeness (QED) is 0.665. The lowest BCUT2D eigenvalue weighted by Gasteiger charge is -2.20. The average Bonchev–Trinajstić information content (AvgIpc) is 3.07. The van der Waals surface area contributed by atoms with Crippen molar-refractivity contribution in [2.24, 2.45) is 0 Å². The van der Waals surface area contributed by atoms with Gasteiger partial charge in [-0.15, -0.1) is 0 Å². The number of hydrogen-bond acceptors (Lipinski definition) is 5. The number of nitrogens with zero attached hydrogens (tertiary/aromatic N) is 1. The lowest BCUT2D eigenvalue weighted by molar-refractivity contribution is -0.123. The van der Waals surface area contributed by atoms with E-state index in [1.165, 1.54) is 28.6 Å². The van der Waals surface area contributed by atoms with E-state index < -0.39 is 21.8 Å². The van der Waals surface area contributed by atoms with Gasteiger partial charge in [0.2, 0.25) is 10.0 Å². The van der Waals surface area contributed by atoms with E-state index in [0.29, 0.717) is 18.8 Å². The fourth-order valence-corrected chi connectivity index (χ4v) is 4.82. The highest BCUT2D eigenvalue weighted by molar-refractivity contribution is 7.89. The molecule has 0 atom stereocenters. The molecular formula is C22H27N3O5S. The van der Waals surface area contributed by atoms with Crippen LogP contribution in [0.2, 0.25) is 0 Å². The summed E-state index contributed by atoms with van der Waals surface area (Å²) in [4.78, 5) is 24.3. The van der Waals surface area contributed by atoms with Crippen LogP contribution in [0.5, 0.6) is 5.75 Å². The number of rotatable bonds is 6. The van der Waals surface area contributed by atoms with Crippen molar-refractivity contribution in [3.05, 3.63) is 59.7 Å². The van der Waals surface area contributed by atoms with Crippen LogP contribution in [0.3, 0.4) is 0 Å². The molecule has 0 saturated carbocycles. The largest absolute Gasteiger partial charge is 0.483 e. The molecule has 0 spiro atoms. The maximum absolute atomic E-state index is 12.8. The van der Waals surface area contributed by atoms with Gasteiger partial charge in [0, 0.05) is 18.7 Å². The van der Waals surface area contributed by atoms with Gasteiger partial charge in [0.05, 0.1) is 4.90 Å². The Morgan fingerprint density at radius 2 is 1.58 bits per heavy atom. The molecule has 0 radical (unpaired) electrons. The van der Waals surface area contributed by atoms with E-state index in [2.05, 4.69) is 10.9 Å². The molecule has 2 aromatic carbocycles. The van der Waals surface area contributed by atoms with Gasteiger partial charge in [-0.25, -0.2) is 8.42 Å². The average molecular weight is 446 g/mol. The van der Waals surface area contributed by atoms with Crippen LogP contribution in [0.1, 0.15) is 41.6 Å². The first-order valence-corrected chi connectivity index (χ1v) is 11.7. The third-order valence-electron chi connectivity index (χ3n) is 5.09.